The second-order valence-corrected chi connectivity index (χ2v) is 5.72. The third kappa shape index (κ3) is 2.88. The van der Waals surface area contributed by atoms with Gasteiger partial charge >= 0.3 is 0 Å². The summed E-state index contributed by atoms with van der Waals surface area (Å²) in [6.45, 7) is 5.70. The molecule has 2 heterocycles. The Hall–Kier alpha value is -1.58. The molecule has 0 spiro atoms. The molecule has 2 rings (SSSR count). The van der Waals surface area contributed by atoms with Crippen LogP contribution in [0.4, 0.5) is 5.82 Å². The van der Waals surface area contributed by atoms with Crippen molar-refractivity contribution < 1.29 is 5.11 Å². The van der Waals surface area contributed by atoms with Gasteiger partial charge in [-0.1, -0.05) is 13.8 Å². The zero-order valence-corrected chi connectivity index (χ0v) is 12.0. The van der Waals surface area contributed by atoms with E-state index in [4.69, 9.17) is 5.26 Å². The van der Waals surface area contributed by atoms with Crippen molar-refractivity contribution in [3.8, 4) is 6.07 Å². The summed E-state index contributed by atoms with van der Waals surface area (Å²) in [5.41, 5.74) is 0.801. The number of hydrogen-bond acceptors (Lipinski definition) is 5. The third-order valence-corrected chi connectivity index (χ3v) is 3.62. The molecule has 1 N–H and O–H groups in total. The molecule has 0 aliphatic rings. The van der Waals surface area contributed by atoms with Gasteiger partial charge in [-0.25, -0.2) is 4.98 Å². The fourth-order valence-electron chi connectivity index (χ4n) is 2.13. The van der Waals surface area contributed by atoms with E-state index in [1.165, 1.54) is 0 Å². The molecule has 0 fully saturated rings. The van der Waals surface area contributed by atoms with Crippen molar-refractivity contribution in [2.75, 3.05) is 18.0 Å². The van der Waals surface area contributed by atoms with E-state index in [1.54, 1.807) is 11.3 Å². The number of nitriles is 1. The van der Waals surface area contributed by atoms with Crippen molar-refractivity contribution in [3.63, 3.8) is 0 Å². The van der Waals surface area contributed by atoms with Gasteiger partial charge in [0, 0.05) is 24.7 Å². The lowest BCUT2D eigenvalue weighted by Crippen LogP contribution is -2.29. The fraction of sp³-hybridized carbons (Fsp3) is 0.538. The summed E-state index contributed by atoms with van der Waals surface area (Å²) in [5, 5.41) is 20.3. The van der Waals surface area contributed by atoms with Gasteiger partial charge in [0.1, 0.15) is 0 Å². The molecule has 102 valence electrons. The molecule has 6 heteroatoms. The van der Waals surface area contributed by atoms with Gasteiger partial charge in [0.25, 0.3) is 0 Å². The minimum absolute atomic E-state index is 0.0472. The normalized spacial score (nSPS) is 11.1. The zero-order valence-electron chi connectivity index (χ0n) is 11.2. The van der Waals surface area contributed by atoms with Crippen LogP contribution in [0, 0.1) is 17.2 Å². The van der Waals surface area contributed by atoms with E-state index in [1.807, 2.05) is 16.0 Å². The van der Waals surface area contributed by atoms with Gasteiger partial charge in [-0.2, -0.15) is 5.26 Å². The predicted octanol–water partition coefficient (Wildman–Crippen LogP) is 2.26. The van der Waals surface area contributed by atoms with Crippen LogP contribution < -0.4 is 4.90 Å². The van der Waals surface area contributed by atoms with Crippen LogP contribution in [-0.2, 0) is 6.61 Å². The molecule has 2 aromatic rings. The number of rotatable bonds is 6. The Morgan fingerprint density at radius 2 is 2.37 bits per heavy atom. The molecule has 0 saturated carbocycles. The zero-order chi connectivity index (χ0) is 13.8. The smallest absolute Gasteiger partial charge is 0.195 e. The highest BCUT2D eigenvalue weighted by Gasteiger charge is 2.19. The lowest BCUT2D eigenvalue weighted by atomic mass is 10.2. The van der Waals surface area contributed by atoms with Gasteiger partial charge < -0.3 is 10.0 Å². The van der Waals surface area contributed by atoms with Gasteiger partial charge in [0.2, 0.25) is 0 Å². The van der Waals surface area contributed by atoms with E-state index >= 15 is 0 Å². The van der Waals surface area contributed by atoms with E-state index in [0.29, 0.717) is 18.9 Å². The average Bonchev–Trinajstić information content (AvgIpc) is 2.93. The molecular formula is C13H18N4OS. The SMILES string of the molecule is CC(C)CN(CCC#N)c1nc2sccn2c1CO. The summed E-state index contributed by atoms with van der Waals surface area (Å²) in [6.07, 6.45) is 2.38. The van der Waals surface area contributed by atoms with Crippen molar-refractivity contribution in [2.45, 2.75) is 26.9 Å². The number of anilines is 1. The summed E-state index contributed by atoms with van der Waals surface area (Å²) in [6, 6.07) is 2.17. The van der Waals surface area contributed by atoms with Gasteiger partial charge in [-0.15, -0.1) is 11.3 Å². The molecule has 0 atom stereocenters. The molecule has 19 heavy (non-hydrogen) atoms. The van der Waals surface area contributed by atoms with Crippen molar-refractivity contribution in [1.82, 2.24) is 9.38 Å². The van der Waals surface area contributed by atoms with Crippen molar-refractivity contribution in [1.29, 1.82) is 5.26 Å². The fourth-order valence-corrected chi connectivity index (χ4v) is 2.86. The van der Waals surface area contributed by atoms with Gasteiger partial charge in [-0.05, 0) is 5.92 Å². The lowest BCUT2D eigenvalue weighted by molar-refractivity contribution is 0.276. The number of fused-ring (bicyclic) bond motifs is 1. The Bertz CT molecular complexity index is 581. The monoisotopic (exact) mass is 278 g/mol. The highest BCUT2D eigenvalue weighted by atomic mass is 32.1. The molecule has 2 aromatic heterocycles. The van der Waals surface area contributed by atoms with E-state index in [-0.39, 0.29) is 6.61 Å². The van der Waals surface area contributed by atoms with Gasteiger partial charge in [0.05, 0.1) is 24.8 Å². The molecule has 5 nitrogen and oxygen atoms in total. The van der Waals surface area contributed by atoms with E-state index in [0.717, 1.165) is 23.0 Å². The highest BCUT2D eigenvalue weighted by Crippen LogP contribution is 2.25. The second-order valence-electron chi connectivity index (χ2n) is 4.84. The van der Waals surface area contributed by atoms with Crippen molar-refractivity contribution >= 4 is 22.1 Å². The van der Waals surface area contributed by atoms with Gasteiger partial charge in [-0.3, -0.25) is 4.40 Å². The number of aromatic nitrogens is 2. The number of hydrogen-bond donors (Lipinski definition) is 1. The standard InChI is InChI=1S/C13H18N4OS/c1-10(2)8-16(5-3-4-14)12-11(9-18)17-6-7-19-13(17)15-12/h6-7,10,18H,3,5,8-9H2,1-2H3. The number of imidazole rings is 1. The Morgan fingerprint density at radius 3 is 3.00 bits per heavy atom. The Kier molecular flexibility index (Phi) is 4.40. The van der Waals surface area contributed by atoms with Crippen LogP contribution >= 0.6 is 11.3 Å². The first-order chi connectivity index (χ1) is 9.17. The maximum Gasteiger partial charge on any atom is 0.195 e. The van der Waals surface area contributed by atoms with Crippen LogP contribution in [-0.4, -0.2) is 27.6 Å². The van der Waals surface area contributed by atoms with Crippen LogP contribution in [0.25, 0.3) is 4.96 Å². The first-order valence-electron chi connectivity index (χ1n) is 6.34. The van der Waals surface area contributed by atoms with Crippen LogP contribution in [0.1, 0.15) is 26.0 Å². The van der Waals surface area contributed by atoms with Crippen molar-refractivity contribution in [3.05, 3.63) is 17.3 Å². The maximum atomic E-state index is 9.58. The molecule has 0 saturated heterocycles. The van der Waals surface area contributed by atoms with Gasteiger partial charge in [0.15, 0.2) is 10.8 Å². The molecule has 0 aliphatic heterocycles. The summed E-state index contributed by atoms with van der Waals surface area (Å²) in [7, 11) is 0. The first kappa shape index (κ1) is 13.8. The molecular weight excluding hydrogens is 260 g/mol. The van der Waals surface area contributed by atoms with Crippen LogP contribution in [0.2, 0.25) is 0 Å². The largest absolute Gasteiger partial charge is 0.390 e. The number of nitrogens with zero attached hydrogens (tertiary/aromatic N) is 4. The van der Waals surface area contributed by atoms with Crippen LogP contribution in [0.3, 0.4) is 0 Å². The molecule has 0 amide bonds. The van der Waals surface area contributed by atoms with E-state index < -0.39 is 0 Å². The van der Waals surface area contributed by atoms with E-state index in [2.05, 4.69) is 29.8 Å². The topological polar surface area (TPSA) is 64.6 Å². The molecule has 0 radical (unpaired) electrons. The second kappa shape index (κ2) is 6.04. The minimum atomic E-state index is -0.0472. The Balaban J connectivity index is 2.36. The quantitative estimate of drug-likeness (QED) is 0.880. The van der Waals surface area contributed by atoms with Crippen LogP contribution in [0.15, 0.2) is 11.6 Å². The minimum Gasteiger partial charge on any atom is -0.390 e. The number of aliphatic hydroxyl groups excluding tert-OH is 1. The Morgan fingerprint density at radius 1 is 1.58 bits per heavy atom. The molecule has 0 bridgehead atoms. The average molecular weight is 278 g/mol. The highest BCUT2D eigenvalue weighted by molar-refractivity contribution is 7.15. The van der Waals surface area contributed by atoms with Crippen molar-refractivity contribution in [2.24, 2.45) is 5.92 Å². The summed E-state index contributed by atoms with van der Waals surface area (Å²) in [5.74, 6) is 1.28. The molecule has 0 unspecified atom stereocenters. The van der Waals surface area contributed by atoms with E-state index in [9.17, 15) is 5.11 Å². The molecule has 0 aromatic carbocycles. The molecule has 0 aliphatic carbocycles. The number of thiazole rings is 1. The summed E-state index contributed by atoms with van der Waals surface area (Å²) in [4.78, 5) is 7.56. The third-order valence-electron chi connectivity index (χ3n) is 2.87. The lowest BCUT2D eigenvalue weighted by Gasteiger charge is -2.24. The Labute approximate surface area is 116 Å². The first-order valence-corrected chi connectivity index (χ1v) is 7.22. The van der Waals surface area contributed by atoms with Crippen LogP contribution in [0.5, 0.6) is 0 Å². The summed E-state index contributed by atoms with van der Waals surface area (Å²) >= 11 is 1.55. The maximum absolute atomic E-state index is 9.58. The predicted molar refractivity (Wildman–Crippen MR) is 76.3 cm³/mol. The number of aliphatic hydroxyl groups is 1. The summed E-state index contributed by atoms with van der Waals surface area (Å²) < 4.78 is 1.92.